The van der Waals surface area contributed by atoms with E-state index in [-0.39, 0.29) is 0 Å². The summed E-state index contributed by atoms with van der Waals surface area (Å²) in [6, 6.07) is 15.4. The number of H-pyrrole nitrogens is 1. The zero-order valence-electron chi connectivity index (χ0n) is 12.1. The molecule has 4 rings (SSSR count). The fourth-order valence-corrected chi connectivity index (χ4v) is 3.42. The standard InChI is InChI=1S/C18H13N3OS/c19-17(22)11-5-7-12(8-6-11)18-21-16(10-23-18)14-9-20-15-4-2-1-3-13(14)15/h1-10,20H,(H2,19,22). The summed E-state index contributed by atoms with van der Waals surface area (Å²) in [5.74, 6) is -0.421. The Morgan fingerprint density at radius 3 is 2.65 bits per heavy atom. The summed E-state index contributed by atoms with van der Waals surface area (Å²) in [7, 11) is 0. The number of amides is 1. The van der Waals surface area contributed by atoms with Crippen LogP contribution in [0.1, 0.15) is 10.4 Å². The molecule has 0 aliphatic carbocycles. The quantitative estimate of drug-likeness (QED) is 0.598. The predicted molar refractivity (Wildman–Crippen MR) is 93.4 cm³/mol. The summed E-state index contributed by atoms with van der Waals surface area (Å²) in [6.45, 7) is 0. The molecule has 2 heterocycles. The number of rotatable bonds is 3. The first-order valence-corrected chi connectivity index (χ1v) is 8.02. The second kappa shape index (κ2) is 5.37. The number of benzene rings is 2. The van der Waals surface area contributed by atoms with Crippen LogP contribution in [-0.4, -0.2) is 15.9 Å². The molecule has 5 heteroatoms. The number of carbonyl (C=O) groups is 1. The lowest BCUT2D eigenvalue weighted by molar-refractivity contribution is 0.100. The molecule has 2 aromatic carbocycles. The van der Waals surface area contributed by atoms with Crippen LogP contribution < -0.4 is 5.73 Å². The van der Waals surface area contributed by atoms with Gasteiger partial charge in [0.2, 0.25) is 5.91 Å². The number of nitrogens with zero attached hydrogens (tertiary/aromatic N) is 1. The molecular weight excluding hydrogens is 306 g/mol. The highest BCUT2D eigenvalue weighted by Gasteiger charge is 2.11. The van der Waals surface area contributed by atoms with Crippen LogP contribution in [0.4, 0.5) is 0 Å². The highest BCUT2D eigenvalue weighted by Crippen LogP contribution is 2.32. The van der Waals surface area contributed by atoms with Crippen molar-refractivity contribution in [3.8, 4) is 21.8 Å². The minimum Gasteiger partial charge on any atom is -0.366 e. The van der Waals surface area contributed by atoms with E-state index in [9.17, 15) is 4.79 Å². The van der Waals surface area contributed by atoms with Crippen molar-refractivity contribution in [1.82, 2.24) is 9.97 Å². The van der Waals surface area contributed by atoms with Crippen molar-refractivity contribution in [1.29, 1.82) is 0 Å². The molecular formula is C18H13N3OS. The molecule has 1 amide bonds. The second-order valence-electron chi connectivity index (χ2n) is 5.23. The topological polar surface area (TPSA) is 71.8 Å². The minimum absolute atomic E-state index is 0.421. The van der Waals surface area contributed by atoms with Crippen LogP contribution >= 0.6 is 11.3 Å². The Bertz CT molecular complexity index is 998. The fourth-order valence-electron chi connectivity index (χ4n) is 2.59. The van der Waals surface area contributed by atoms with Crippen molar-refractivity contribution in [3.05, 3.63) is 65.7 Å². The van der Waals surface area contributed by atoms with E-state index in [2.05, 4.69) is 17.1 Å². The Morgan fingerprint density at radius 1 is 1.09 bits per heavy atom. The number of aromatic nitrogens is 2. The van der Waals surface area contributed by atoms with Crippen LogP contribution in [-0.2, 0) is 0 Å². The third-order valence-corrected chi connectivity index (χ3v) is 4.68. The summed E-state index contributed by atoms with van der Waals surface area (Å²) in [5.41, 5.74) is 9.89. The number of primary amides is 1. The van der Waals surface area contributed by atoms with Gasteiger partial charge < -0.3 is 10.7 Å². The normalized spacial score (nSPS) is 11.0. The highest BCUT2D eigenvalue weighted by atomic mass is 32.1. The number of fused-ring (bicyclic) bond motifs is 1. The number of para-hydroxylation sites is 1. The fraction of sp³-hybridized carbons (Fsp3) is 0. The lowest BCUT2D eigenvalue weighted by Crippen LogP contribution is -2.10. The third-order valence-electron chi connectivity index (χ3n) is 3.79. The van der Waals surface area contributed by atoms with E-state index < -0.39 is 5.91 Å². The van der Waals surface area contributed by atoms with Gasteiger partial charge in [0.15, 0.2) is 0 Å². The number of hydrogen-bond donors (Lipinski definition) is 2. The van der Waals surface area contributed by atoms with E-state index in [0.29, 0.717) is 5.56 Å². The average Bonchev–Trinajstić information content (AvgIpc) is 3.21. The number of hydrogen-bond acceptors (Lipinski definition) is 3. The van der Waals surface area contributed by atoms with E-state index in [1.807, 2.05) is 35.8 Å². The van der Waals surface area contributed by atoms with Crippen molar-refractivity contribution in [3.63, 3.8) is 0 Å². The highest BCUT2D eigenvalue weighted by molar-refractivity contribution is 7.13. The van der Waals surface area contributed by atoms with Gasteiger partial charge in [0.25, 0.3) is 0 Å². The molecule has 0 unspecified atom stereocenters. The summed E-state index contributed by atoms with van der Waals surface area (Å²) in [4.78, 5) is 19.1. The molecule has 0 aliphatic rings. The van der Waals surface area contributed by atoms with Gasteiger partial charge in [-0.3, -0.25) is 4.79 Å². The molecule has 23 heavy (non-hydrogen) atoms. The zero-order chi connectivity index (χ0) is 15.8. The van der Waals surface area contributed by atoms with Crippen molar-refractivity contribution in [2.24, 2.45) is 5.73 Å². The van der Waals surface area contributed by atoms with Gasteiger partial charge in [-0.05, 0) is 18.2 Å². The molecule has 0 atom stereocenters. The SMILES string of the molecule is NC(=O)c1ccc(-c2nc(-c3c[nH]c4ccccc34)cs2)cc1. The van der Waals surface area contributed by atoms with E-state index in [1.165, 1.54) is 0 Å². The van der Waals surface area contributed by atoms with Gasteiger partial charge in [-0.15, -0.1) is 11.3 Å². The van der Waals surface area contributed by atoms with Gasteiger partial charge in [0, 0.05) is 39.2 Å². The zero-order valence-corrected chi connectivity index (χ0v) is 12.9. The molecule has 0 spiro atoms. The third kappa shape index (κ3) is 2.41. The Hall–Kier alpha value is -2.92. The predicted octanol–water partition coefficient (Wildman–Crippen LogP) is 4.06. The Morgan fingerprint density at radius 2 is 1.87 bits per heavy atom. The Balaban J connectivity index is 1.73. The molecule has 4 aromatic rings. The average molecular weight is 319 g/mol. The summed E-state index contributed by atoms with van der Waals surface area (Å²) in [6.07, 6.45) is 1.99. The van der Waals surface area contributed by atoms with Crippen LogP contribution in [0.15, 0.2) is 60.1 Å². The molecule has 3 N–H and O–H groups in total. The molecule has 0 saturated heterocycles. The van der Waals surface area contributed by atoms with Crippen LogP contribution in [0.5, 0.6) is 0 Å². The second-order valence-corrected chi connectivity index (χ2v) is 6.09. The van der Waals surface area contributed by atoms with Gasteiger partial charge in [0.1, 0.15) is 5.01 Å². The molecule has 4 nitrogen and oxygen atoms in total. The van der Waals surface area contributed by atoms with E-state index in [4.69, 9.17) is 10.7 Å². The Labute approximate surface area is 136 Å². The van der Waals surface area contributed by atoms with E-state index in [1.54, 1.807) is 23.5 Å². The maximum atomic E-state index is 11.1. The summed E-state index contributed by atoms with van der Waals surface area (Å²) >= 11 is 1.58. The van der Waals surface area contributed by atoms with Crippen LogP contribution in [0.2, 0.25) is 0 Å². The first-order valence-electron chi connectivity index (χ1n) is 7.14. The molecule has 2 aromatic heterocycles. The van der Waals surface area contributed by atoms with Crippen molar-refractivity contribution in [2.45, 2.75) is 0 Å². The first-order chi connectivity index (χ1) is 11.2. The van der Waals surface area contributed by atoms with Gasteiger partial charge in [-0.2, -0.15) is 0 Å². The maximum absolute atomic E-state index is 11.1. The van der Waals surface area contributed by atoms with E-state index >= 15 is 0 Å². The van der Waals surface area contributed by atoms with Crippen molar-refractivity contribution < 1.29 is 4.79 Å². The number of thiazole rings is 1. The maximum Gasteiger partial charge on any atom is 0.248 e. The molecule has 112 valence electrons. The molecule has 0 saturated carbocycles. The number of aromatic amines is 1. The summed E-state index contributed by atoms with van der Waals surface area (Å²) < 4.78 is 0. The van der Waals surface area contributed by atoms with Gasteiger partial charge in [0.05, 0.1) is 5.69 Å². The van der Waals surface area contributed by atoms with Crippen LogP contribution in [0.3, 0.4) is 0 Å². The number of nitrogens with two attached hydrogens (primary N) is 1. The first kappa shape index (κ1) is 13.7. The van der Waals surface area contributed by atoms with E-state index in [0.717, 1.165) is 32.7 Å². The smallest absolute Gasteiger partial charge is 0.248 e. The number of nitrogens with one attached hydrogen (secondary N) is 1. The lowest BCUT2D eigenvalue weighted by atomic mass is 10.1. The molecule has 0 radical (unpaired) electrons. The largest absolute Gasteiger partial charge is 0.366 e. The minimum atomic E-state index is -0.421. The Kier molecular flexibility index (Phi) is 3.20. The summed E-state index contributed by atoms with van der Waals surface area (Å²) in [5, 5.41) is 4.13. The molecule has 0 aliphatic heterocycles. The van der Waals surface area contributed by atoms with Crippen molar-refractivity contribution in [2.75, 3.05) is 0 Å². The van der Waals surface area contributed by atoms with Crippen LogP contribution in [0.25, 0.3) is 32.7 Å². The monoisotopic (exact) mass is 319 g/mol. The molecule has 0 fully saturated rings. The van der Waals surface area contributed by atoms with Gasteiger partial charge in [-0.25, -0.2) is 4.98 Å². The van der Waals surface area contributed by atoms with Crippen molar-refractivity contribution >= 4 is 28.1 Å². The van der Waals surface area contributed by atoms with Gasteiger partial charge >= 0.3 is 0 Å². The molecule has 0 bridgehead atoms. The number of carbonyl (C=O) groups excluding carboxylic acids is 1. The lowest BCUT2D eigenvalue weighted by Gasteiger charge is -1.98. The van der Waals surface area contributed by atoms with Gasteiger partial charge in [-0.1, -0.05) is 30.3 Å². The van der Waals surface area contributed by atoms with Crippen LogP contribution in [0, 0.1) is 0 Å².